The van der Waals surface area contributed by atoms with Crippen LogP contribution in [0.4, 0.5) is 0 Å². The fourth-order valence-electron chi connectivity index (χ4n) is 3.63. The second-order valence-corrected chi connectivity index (χ2v) is 7.53. The molecular weight excluding hydrogens is 332 g/mol. The van der Waals surface area contributed by atoms with Crippen LogP contribution in [0, 0.1) is 16.7 Å². The lowest BCUT2D eigenvalue weighted by Crippen LogP contribution is -2.54. The predicted molar refractivity (Wildman–Crippen MR) is 99.9 cm³/mol. The fraction of sp³-hybridized carbons (Fsp3) is 0.842. The number of nitrogens with two attached hydrogens (primary N) is 1. The summed E-state index contributed by atoms with van der Waals surface area (Å²) in [5.41, 5.74) is 5.48. The van der Waals surface area contributed by atoms with E-state index in [0.29, 0.717) is 19.5 Å². The Bertz CT molecular complexity index is 529. The number of nitriles is 1. The van der Waals surface area contributed by atoms with Gasteiger partial charge < -0.3 is 20.6 Å². The Morgan fingerprint density at radius 3 is 2.38 bits per heavy atom. The lowest BCUT2D eigenvalue weighted by molar-refractivity contribution is -0.139. The van der Waals surface area contributed by atoms with Crippen molar-refractivity contribution < 1.29 is 14.7 Å². The van der Waals surface area contributed by atoms with Crippen molar-refractivity contribution in [2.75, 3.05) is 19.7 Å². The Labute approximate surface area is 157 Å². The Kier molecular flexibility index (Phi) is 8.51. The molecule has 0 radical (unpaired) electrons. The molecule has 2 aliphatic heterocycles. The van der Waals surface area contributed by atoms with Crippen LogP contribution in [0.25, 0.3) is 0 Å². The lowest BCUT2D eigenvalue weighted by atomic mass is 9.80. The molecule has 2 fully saturated rings. The Balaban J connectivity index is 0.00000163. The van der Waals surface area contributed by atoms with E-state index < -0.39 is 17.5 Å². The van der Waals surface area contributed by atoms with Gasteiger partial charge in [-0.2, -0.15) is 5.26 Å². The number of hydrogen-bond donors (Lipinski definition) is 2. The quantitative estimate of drug-likeness (QED) is 0.761. The SMILES string of the molecule is CC.CC(C)(CC(=O)N1CCCC1CO)C(N)C(=O)N1CCCC1C#N. The average molecular weight is 367 g/mol. The van der Waals surface area contributed by atoms with Crippen LogP contribution in [0.2, 0.25) is 0 Å². The summed E-state index contributed by atoms with van der Waals surface area (Å²) in [7, 11) is 0. The highest BCUT2D eigenvalue weighted by Crippen LogP contribution is 2.30. The third-order valence-electron chi connectivity index (χ3n) is 5.31. The highest BCUT2D eigenvalue weighted by atomic mass is 16.3. The van der Waals surface area contributed by atoms with Crippen molar-refractivity contribution >= 4 is 11.8 Å². The summed E-state index contributed by atoms with van der Waals surface area (Å²) in [5.74, 6) is -0.324. The molecule has 148 valence electrons. The Hall–Kier alpha value is -1.65. The maximum absolute atomic E-state index is 12.7. The van der Waals surface area contributed by atoms with Crippen molar-refractivity contribution in [1.82, 2.24) is 9.80 Å². The molecular formula is C19H34N4O3. The molecule has 2 amide bonds. The van der Waals surface area contributed by atoms with Crippen molar-refractivity contribution in [2.24, 2.45) is 11.1 Å². The zero-order valence-corrected chi connectivity index (χ0v) is 16.6. The molecule has 26 heavy (non-hydrogen) atoms. The van der Waals surface area contributed by atoms with Crippen LogP contribution in [0.1, 0.15) is 59.8 Å². The summed E-state index contributed by atoms with van der Waals surface area (Å²) in [6.45, 7) is 8.79. The molecule has 2 rings (SSSR count). The van der Waals surface area contributed by atoms with Gasteiger partial charge in [-0.15, -0.1) is 0 Å². The second-order valence-electron chi connectivity index (χ2n) is 7.53. The Morgan fingerprint density at radius 1 is 1.23 bits per heavy atom. The van der Waals surface area contributed by atoms with E-state index in [-0.39, 0.29) is 30.9 Å². The van der Waals surface area contributed by atoms with Crippen LogP contribution in [0.3, 0.4) is 0 Å². The van der Waals surface area contributed by atoms with Crippen LogP contribution in [0.5, 0.6) is 0 Å². The maximum atomic E-state index is 12.7. The van der Waals surface area contributed by atoms with Gasteiger partial charge in [0.2, 0.25) is 11.8 Å². The van der Waals surface area contributed by atoms with Crippen molar-refractivity contribution in [1.29, 1.82) is 5.26 Å². The maximum Gasteiger partial charge on any atom is 0.241 e. The largest absolute Gasteiger partial charge is 0.394 e. The molecule has 3 unspecified atom stereocenters. The zero-order valence-electron chi connectivity index (χ0n) is 16.6. The van der Waals surface area contributed by atoms with Crippen LogP contribution in [0.15, 0.2) is 0 Å². The summed E-state index contributed by atoms with van der Waals surface area (Å²) in [6.07, 6.45) is 3.34. The summed E-state index contributed by atoms with van der Waals surface area (Å²) in [4.78, 5) is 28.5. The fourth-order valence-corrected chi connectivity index (χ4v) is 3.63. The summed E-state index contributed by atoms with van der Waals surface area (Å²) in [5, 5.41) is 18.5. The first kappa shape index (κ1) is 22.4. The van der Waals surface area contributed by atoms with Gasteiger partial charge in [0.05, 0.1) is 24.8 Å². The highest BCUT2D eigenvalue weighted by Gasteiger charge is 2.41. The predicted octanol–water partition coefficient (Wildman–Crippen LogP) is 1.25. The number of carbonyl (C=O) groups excluding carboxylic acids is 2. The highest BCUT2D eigenvalue weighted by molar-refractivity contribution is 5.85. The standard InChI is InChI=1S/C17H28N4O3.C2H6/c1-17(2,9-14(23)20-7-4-6-13(20)11-22)15(19)16(24)21-8-3-5-12(21)10-18;1-2/h12-13,15,22H,3-9,11,19H2,1-2H3;1-2H3. The van der Waals surface area contributed by atoms with E-state index in [1.807, 2.05) is 27.7 Å². The van der Waals surface area contributed by atoms with Gasteiger partial charge in [-0.1, -0.05) is 27.7 Å². The van der Waals surface area contributed by atoms with Gasteiger partial charge in [-0.3, -0.25) is 9.59 Å². The molecule has 3 N–H and O–H groups in total. The van der Waals surface area contributed by atoms with E-state index in [0.717, 1.165) is 19.3 Å². The van der Waals surface area contributed by atoms with E-state index in [1.54, 1.807) is 9.80 Å². The number of amides is 2. The number of aliphatic hydroxyl groups is 1. The Morgan fingerprint density at radius 2 is 1.81 bits per heavy atom. The molecule has 7 nitrogen and oxygen atoms in total. The first-order valence-electron chi connectivity index (χ1n) is 9.68. The van der Waals surface area contributed by atoms with Crippen LogP contribution < -0.4 is 5.73 Å². The van der Waals surface area contributed by atoms with Crippen LogP contribution >= 0.6 is 0 Å². The van der Waals surface area contributed by atoms with Crippen LogP contribution in [-0.4, -0.2) is 64.5 Å². The van der Waals surface area contributed by atoms with Gasteiger partial charge in [0.15, 0.2) is 0 Å². The van der Waals surface area contributed by atoms with Crippen LogP contribution in [-0.2, 0) is 9.59 Å². The van der Waals surface area contributed by atoms with Crippen molar-refractivity contribution in [3.63, 3.8) is 0 Å². The van der Waals surface area contributed by atoms with Crippen molar-refractivity contribution in [3.8, 4) is 6.07 Å². The number of rotatable bonds is 5. The van der Waals surface area contributed by atoms with Gasteiger partial charge in [-0.25, -0.2) is 0 Å². The summed E-state index contributed by atoms with van der Waals surface area (Å²) < 4.78 is 0. The summed E-state index contributed by atoms with van der Waals surface area (Å²) >= 11 is 0. The van der Waals surface area contributed by atoms with Gasteiger partial charge in [0.25, 0.3) is 0 Å². The molecule has 0 aromatic heterocycles. The minimum absolute atomic E-state index is 0.0330. The normalized spacial score (nSPS) is 23.9. The number of aliphatic hydroxyl groups excluding tert-OH is 1. The molecule has 0 spiro atoms. The third-order valence-corrected chi connectivity index (χ3v) is 5.31. The first-order chi connectivity index (χ1) is 12.3. The molecule has 2 aliphatic rings. The molecule has 2 heterocycles. The molecule has 0 aromatic rings. The first-order valence-corrected chi connectivity index (χ1v) is 9.68. The van der Waals surface area contributed by atoms with Gasteiger partial charge >= 0.3 is 0 Å². The number of hydrogen-bond acceptors (Lipinski definition) is 5. The van der Waals surface area contributed by atoms with E-state index in [1.165, 1.54) is 0 Å². The molecule has 7 heteroatoms. The van der Waals surface area contributed by atoms with E-state index in [2.05, 4.69) is 6.07 Å². The molecule has 0 bridgehead atoms. The van der Waals surface area contributed by atoms with E-state index >= 15 is 0 Å². The molecule has 3 atom stereocenters. The molecule has 0 saturated carbocycles. The molecule has 2 saturated heterocycles. The van der Waals surface area contributed by atoms with Crippen molar-refractivity contribution in [2.45, 2.75) is 77.9 Å². The lowest BCUT2D eigenvalue weighted by Gasteiger charge is -2.35. The third kappa shape index (κ3) is 4.95. The average Bonchev–Trinajstić information content (AvgIpc) is 3.30. The number of nitrogens with zero attached hydrogens (tertiary/aromatic N) is 3. The number of likely N-dealkylation sites (tertiary alicyclic amines) is 2. The van der Waals surface area contributed by atoms with Gasteiger partial charge in [-0.05, 0) is 31.1 Å². The zero-order chi connectivity index (χ0) is 19.9. The van der Waals surface area contributed by atoms with Gasteiger partial charge in [0.1, 0.15) is 6.04 Å². The van der Waals surface area contributed by atoms with E-state index in [4.69, 9.17) is 11.0 Å². The van der Waals surface area contributed by atoms with Crippen molar-refractivity contribution in [3.05, 3.63) is 0 Å². The molecule has 0 aliphatic carbocycles. The van der Waals surface area contributed by atoms with E-state index in [9.17, 15) is 14.7 Å². The van der Waals surface area contributed by atoms with Gasteiger partial charge in [0, 0.05) is 19.5 Å². The summed E-state index contributed by atoms with van der Waals surface area (Å²) in [6, 6.07) is 0.785. The second kappa shape index (κ2) is 9.89. The minimum atomic E-state index is -0.828. The smallest absolute Gasteiger partial charge is 0.241 e. The number of carbonyl (C=O) groups is 2. The monoisotopic (exact) mass is 366 g/mol. The topological polar surface area (TPSA) is 111 Å². The minimum Gasteiger partial charge on any atom is -0.394 e. The molecule has 0 aromatic carbocycles.